The number of carboxylic acid groups (broad SMARTS) is 3. The second kappa shape index (κ2) is 15.1. The summed E-state index contributed by atoms with van der Waals surface area (Å²) >= 11 is 0. The number of hydrogen-bond acceptors (Lipinski definition) is 7. The standard InChI is InChI=1S/C19H29FN6O8/c20-8-3-4-12-10-26(25-24-12)11-15(27)21-9-2-1-5-13(17(30)31)22-19(34)23-14(18(32)33)6-7-16(28)29/h10,13-14H,1-9,11H2,(H,21,27)(H,28,29)(H,30,31)(H,32,33)(H2,22,23,34). The fourth-order valence-electron chi connectivity index (χ4n) is 2.82. The molecular weight excluding hydrogens is 459 g/mol. The van der Waals surface area contributed by atoms with Crippen molar-refractivity contribution in [2.75, 3.05) is 13.2 Å². The number of rotatable bonds is 17. The molecule has 0 aliphatic rings. The number of aryl methyl sites for hydroxylation is 1. The minimum absolute atomic E-state index is 0.0203. The molecule has 0 bridgehead atoms. The van der Waals surface area contributed by atoms with E-state index >= 15 is 0 Å². The lowest BCUT2D eigenvalue weighted by Crippen LogP contribution is -2.51. The van der Waals surface area contributed by atoms with E-state index in [2.05, 4.69) is 20.9 Å². The number of nitrogens with zero attached hydrogens (tertiary/aromatic N) is 3. The van der Waals surface area contributed by atoms with Crippen molar-refractivity contribution in [1.29, 1.82) is 0 Å². The number of nitrogens with one attached hydrogen (secondary N) is 3. The van der Waals surface area contributed by atoms with Crippen LogP contribution in [-0.2, 0) is 32.1 Å². The van der Waals surface area contributed by atoms with Crippen LogP contribution >= 0.6 is 0 Å². The molecule has 190 valence electrons. The van der Waals surface area contributed by atoms with Crippen LogP contribution in [0.15, 0.2) is 6.20 Å². The summed E-state index contributed by atoms with van der Waals surface area (Å²) in [6, 6.07) is -3.83. The summed E-state index contributed by atoms with van der Waals surface area (Å²) in [5.41, 5.74) is 0.582. The number of urea groups is 1. The smallest absolute Gasteiger partial charge is 0.326 e. The van der Waals surface area contributed by atoms with E-state index in [1.165, 1.54) is 4.68 Å². The van der Waals surface area contributed by atoms with Crippen LogP contribution in [0.5, 0.6) is 0 Å². The minimum atomic E-state index is -1.48. The van der Waals surface area contributed by atoms with E-state index in [1.807, 2.05) is 5.32 Å². The van der Waals surface area contributed by atoms with Crippen molar-refractivity contribution >= 4 is 29.8 Å². The highest BCUT2D eigenvalue weighted by molar-refractivity contribution is 5.86. The summed E-state index contributed by atoms with van der Waals surface area (Å²) in [5.74, 6) is -4.34. The Kier molecular flexibility index (Phi) is 12.6. The molecule has 3 amide bonds. The van der Waals surface area contributed by atoms with Crippen molar-refractivity contribution in [3.8, 4) is 0 Å². The van der Waals surface area contributed by atoms with Crippen molar-refractivity contribution in [1.82, 2.24) is 30.9 Å². The van der Waals surface area contributed by atoms with Gasteiger partial charge in [0.1, 0.15) is 18.6 Å². The highest BCUT2D eigenvalue weighted by Gasteiger charge is 2.24. The Morgan fingerprint density at radius 2 is 1.62 bits per heavy atom. The van der Waals surface area contributed by atoms with Crippen LogP contribution in [0.1, 0.15) is 44.2 Å². The number of carbonyl (C=O) groups is 5. The molecule has 0 spiro atoms. The molecule has 0 aromatic carbocycles. The molecule has 15 heteroatoms. The first-order valence-electron chi connectivity index (χ1n) is 10.6. The third-order valence-corrected chi connectivity index (χ3v) is 4.55. The average Bonchev–Trinajstić information content (AvgIpc) is 3.20. The van der Waals surface area contributed by atoms with Crippen LogP contribution in [0.2, 0.25) is 0 Å². The number of alkyl halides is 1. The van der Waals surface area contributed by atoms with E-state index in [4.69, 9.17) is 10.2 Å². The third kappa shape index (κ3) is 11.7. The number of amides is 3. The van der Waals surface area contributed by atoms with Gasteiger partial charge in [0.05, 0.1) is 12.4 Å². The Morgan fingerprint density at radius 3 is 2.21 bits per heavy atom. The summed E-state index contributed by atoms with van der Waals surface area (Å²) in [6.45, 7) is -0.294. The van der Waals surface area contributed by atoms with Gasteiger partial charge in [-0.05, 0) is 38.5 Å². The summed E-state index contributed by atoms with van der Waals surface area (Å²) in [6.07, 6.45) is 2.22. The normalized spacial score (nSPS) is 12.4. The molecule has 2 unspecified atom stereocenters. The molecule has 0 aliphatic heterocycles. The van der Waals surface area contributed by atoms with Crippen molar-refractivity contribution in [3.05, 3.63) is 11.9 Å². The zero-order valence-corrected chi connectivity index (χ0v) is 18.4. The van der Waals surface area contributed by atoms with E-state index in [0.717, 1.165) is 0 Å². The molecule has 0 aliphatic carbocycles. The van der Waals surface area contributed by atoms with Gasteiger partial charge >= 0.3 is 23.9 Å². The topological polar surface area (TPSA) is 213 Å². The zero-order chi connectivity index (χ0) is 25.5. The Balaban J connectivity index is 2.34. The van der Waals surface area contributed by atoms with Crippen molar-refractivity contribution in [2.24, 2.45) is 0 Å². The number of hydrogen-bond donors (Lipinski definition) is 6. The predicted molar refractivity (Wildman–Crippen MR) is 113 cm³/mol. The fourth-order valence-corrected chi connectivity index (χ4v) is 2.82. The van der Waals surface area contributed by atoms with E-state index in [9.17, 15) is 33.5 Å². The van der Waals surface area contributed by atoms with Crippen LogP contribution < -0.4 is 16.0 Å². The highest BCUT2D eigenvalue weighted by Crippen LogP contribution is 2.03. The number of aromatic nitrogens is 3. The lowest BCUT2D eigenvalue weighted by atomic mass is 10.1. The molecule has 1 aromatic heterocycles. The Labute approximate surface area is 193 Å². The quantitative estimate of drug-likeness (QED) is 0.155. The summed E-state index contributed by atoms with van der Waals surface area (Å²) in [5, 5.41) is 41.4. The number of carbonyl (C=O) groups excluding carboxylic acids is 2. The van der Waals surface area contributed by atoms with E-state index in [-0.39, 0.29) is 31.8 Å². The number of unbranched alkanes of at least 4 members (excludes halogenated alkanes) is 1. The van der Waals surface area contributed by atoms with E-state index in [1.54, 1.807) is 6.20 Å². The monoisotopic (exact) mass is 488 g/mol. The van der Waals surface area contributed by atoms with Crippen molar-refractivity contribution < 1.29 is 43.7 Å². The van der Waals surface area contributed by atoms with Gasteiger partial charge in [-0.25, -0.2) is 19.1 Å². The zero-order valence-electron chi connectivity index (χ0n) is 18.4. The molecule has 0 saturated heterocycles. The lowest BCUT2D eigenvalue weighted by molar-refractivity contribution is -0.140. The Morgan fingerprint density at radius 1 is 0.971 bits per heavy atom. The first-order chi connectivity index (χ1) is 16.1. The molecule has 0 fully saturated rings. The van der Waals surface area contributed by atoms with Crippen LogP contribution in [0, 0.1) is 0 Å². The molecule has 2 atom stereocenters. The minimum Gasteiger partial charge on any atom is -0.481 e. The van der Waals surface area contributed by atoms with Gasteiger partial charge in [-0.1, -0.05) is 5.21 Å². The van der Waals surface area contributed by atoms with Gasteiger partial charge in [0.15, 0.2) is 0 Å². The van der Waals surface area contributed by atoms with Crippen molar-refractivity contribution in [3.63, 3.8) is 0 Å². The summed E-state index contributed by atoms with van der Waals surface area (Å²) in [7, 11) is 0. The van der Waals surface area contributed by atoms with Gasteiger partial charge in [0.2, 0.25) is 5.91 Å². The molecule has 0 radical (unpaired) electrons. The van der Waals surface area contributed by atoms with Crippen LogP contribution in [0.4, 0.5) is 9.18 Å². The number of aliphatic carboxylic acids is 3. The van der Waals surface area contributed by atoms with Crippen LogP contribution in [-0.4, -0.2) is 85.5 Å². The first kappa shape index (κ1) is 28.3. The van der Waals surface area contributed by atoms with Gasteiger partial charge < -0.3 is 31.3 Å². The number of halogens is 1. The van der Waals surface area contributed by atoms with Crippen LogP contribution in [0.25, 0.3) is 0 Å². The molecular formula is C19H29FN6O8. The largest absolute Gasteiger partial charge is 0.481 e. The van der Waals surface area contributed by atoms with Crippen LogP contribution in [0.3, 0.4) is 0 Å². The molecule has 34 heavy (non-hydrogen) atoms. The van der Waals surface area contributed by atoms with Crippen molar-refractivity contribution in [2.45, 2.75) is 63.6 Å². The molecule has 14 nitrogen and oxygen atoms in total. The molecule has 1 aromatic rings. The van der Waals surface area contributed by atoms with Gasteiger partial charge in [-0.3, -0.25) is 14.0 Å². The predicted octanol–water partition coefficient (Wildman–Crippen LogP) is -0.463. The second-order valence-corrected chi connectivity index (χ2v) is 7.38. The lowest BCUT2D eigenvalue weighted by Gasteiger charge is -2.18. The van der Waals surface area contributed by atoms with Gasteiger partial charge in [-0.2, -0.15) is 0 Å². The maximum atomic E-state index is 12.2. The fraction of sp³-hybridized carbons (Fsp3) is 0.632. The maximum Gasteiger partial charge on any atom is 0.326 e. The molecule has 6 N–H and O–H groups in total. The van der Waals surface area contributed by atoms with Gasteiger partial charge in [-0.15, -0.1) is 5.10 Å². The maximum absolute atomic E-state index is 12.2. The summed E-state index contributed by atoms with van der Waals surface area (Å²) in [4.78, 5) is 56.9. The Hall–Kier alpha value is -3.78. The second-order valence-electron chi connectivity index (χ2n) is 7.38. The van der Waals surface area contributed by atoms with E-state index in [0.29, 0.717) is 31.4 Å². The summed E-state index contributed by atoms with van der Waals surface area (Å²) < 4.78 is 13.5. The molecule has 1 heterocycles. The Bertz CT molecular complexity index is 849. The number of carboxylic acids is 3. The van der Waals surface area contributed by atoms with Gasteiger partial charge in [0.25, 0.3) is 0 Å². The molecule has 1 rings (SSSR count). The van der Waals surface area contributed by atoms with Gasteiger partial charge in [0, 0.05) is 19.2 Å². The highest BCUT2D eigenvalue weighted by atomic mass is 19.1. The average molecular weight is 488 g/mol. The molecule has 0 saturated carbocycles. The van der Waals surface area contributed by atoms with E-state index < -0.39 is 49.1 Å². The SMILES string of the molecule is O=C(O)CCC(NC(=O)NC(CCCCNC(=O)Cn1cc(CCCF)nn1)C(=O)O)C(=O)O. The third-order valence-electron chi connectivity index (χ3n) is 4.55. The first-order valence-corrected chi connectivity index (χ1v) is 10.6.